The second-order valence-electron chi connectivity index (χ2n) is 3.65. The molecule has 0 aliphatic rings. The van der Waals surface area contributed by atoms with E-state index in [2.05, 4.69) is 5.10 Å². The zero-order chi connectivity index (χ0) is 11.7. The van der Waals surface area contributed by atoms with Crippen molar-refractivity contribution in [2.75, 3.05) is 5.73 Å². The van der Waals surface area contributed by atoms with Crippen LogP contribution in [-0.4, -0.2) is 9.78 Å². The van der Waals surface area contributed by atoms with Gasteiger partial charge in [0.2, 0.25) is 0 Å². The van der Waals surface area contributed by atoms with Gasteiger partial charge in [0, 0.05) is 11.1 Å². The number of H-pyrrole nitrogens is 1. The van der Waals surface area contributed by atoms with E-state index in [4.69, 9.17) is 17.3 Å². The maximum atomic E-state index is 11.5. The second kappa shape index (κ2) is 4.06. The van der Waals surface area contributed by atoms with Crippen LogP contribution in [0.2, 0.25) is 5.02 Å². The van der Waals surface area contributed by atoms with Crippen molar-refractivity contribution in [3.63, 3.8) is 0 Å². The normalized spacial score (nSPS) is 12.6. The van der Waals surface area contributed by atoms with Crippen molar-refractivity contribution in [3.05, 3.63) is 51.3 Å². The lowest BCUT2D eigenvalue weighted by Gasteiger charge is -2.12. The fourth-order valence-corrected chi connectivity index (χ4v) is 1.73. The van der Waals surface area contributed by atoms with Gasteiger partial charge in [-0.1, -0.05) is 23.7 Å². The maximum Gasteiger partial charge on any atom is 0.269 e. The molecule has 0 aliphatic heterocycles. The zero-order valence-electron chi connectivity index (χ0n) is 8.77. The van der Waals surface area contributed by atoms with Crippen LogP contribution in [0.1, 0.15) is 18.5 Å². The highest BCUT2D eigenvalue weighted by atomic mass is 35.5. The van der Waals surface area contributed by atoms with Crippen LogP contribution in [0.15, 0.2) is 35.1 Å². The standard InChI is InChI=1S/C11H12ClN3O/c1-7(8-2-4-9(12)5-3-8)15-11(16)6-10(13)14-15/h2-7,14H,13H2,1H3. The number of hydrogen-bond donors (Lipinski definition) is 2. The van der Waals surface area contributed by atoms with Gasteiger partial charge < -0.3 is 5.73 Å². The molecule has 1 atom stereocenters. The van der Waals surface area contributed by atoms with Crippen molar-refractivity contribution < 1.29 is 0 Å². The molecule has 1 heterocycles. The van der Waals surface area contributed by atoms with Gasteiger partial charge in [-0.3, -0.25) is 9.89 Å². The third-order valence-corrected chi connectivity index (χ3v) is 2.76. The van der Waals surface area contributed by atoms with Crippen molar-refractivity contribution in [3.8, 4) is 0 Å². The predicted molar refractivity (Wildman–Crippen MR) is 64.7 cm³/mol. The van der Waals surface area contributed by atoms with Crippen molar-refractivity contribution in [1.29, 1.82) is 0 Å². The number of aromatic nitrogens is 2. The van der Waals surface area contributed by atoms with Crippen molar-refractivity contribution >= 4 is 17.4 Å². The number of anilines is 1. The average Bonchev–Trinajstić information content (AvgIpc) is 2.58. The Bertz CT molecular complexity index is 541. The number of benzene rings is 1. The summed E-state index contributed by atoms with van der Waals surface area (Å²) in [6.45, 7) is 1.92. The molecule has 0 radical (unpaired) electrons. The van der Waals surface area contributed by atoms with Crippen molar-refractivity contribution in [2.45, 2.75) is 13.0 Å². The lowest BCUT2D eigenvalue weighted by molar-refractivity contribution is 0.550. The van der Waals surface area contributed by atoms with Crippen LogP contribution in [0, 0.1) is 0 Å². The van der Waals surface area contributed by atoms with E-state index in [0.717, 1.165) is 5.56 Å². The summed E-state index contributed by atoms with van der Waals surface area (Å²) < 4.78 is 1.48. The van der Waals surface area contributed by atoms with Crippen LogP contribution in [0.3, 0.4) is 0 Å². The van der Waals surface area contributed by atoms with Crippen LogP contribution < -0.4 is 11.3 Å². The van der Waals surface area contributed by atoms with Gasteiger partial charge in [-0.05, 0) is 24.6 Å². The van der Waals surface area contributed by atoms with Gasteiger partial charge in [0.15, 0.2) is 0 Å². The molecule has 0 bridgehead atoms. The van der Waals surface area contributed by atoms with Gasteiger partial charge in [-0.15, -0.1) is 0 Å². The number of hydrogen-bond acceptors (Lipinski definition) is 2. The first-order valence-electron chi connectivity index (χ1n) is 4.90. The molecule has 0 spiro atoms. The minimum Gasteiger partial charge on any atom is -0.384 e. The molecule has 0 saturated carbocycles. The van der Waals surface area contributed by atoms with Gasteiger partial charge in [-0.25, -0.2) is 4.68 Å². The number of nitrogens with two attached hydrogens (primary N) is 1. The predicted octanol–water partition coefficient (Wildman–Crippen LogP) is 2.02. The van der Waals surface area contributed by atoms with Gasteiger partial charge >= 0.3 is 0 Å². The average molecular weight is 238 g/mol. The Morgan fingerprint density at radius 1 is 1.38 bits per heavy atom. The smallest absolute Gasteiger partial charge is 0.269 e. The van der Waals surface area contributed by atoms with Crippen LogP contribution in [0.5, 0.6) is 0 Å². The van der Waals surface area contributed by atoms with Gasteiger partial charge in [0.1, 0.15) is 5.82 Å². The lowest BCUT2D eigenvalue weighted by atomic mass is 10.1. The molecule has 0 saturated heterocycles. The molecule has 0 aliphatic carbocycles. The summed E-state index contributed by atoms with van der Waals surface area (Å²) >= 11 is 5.80. The molecule has 5 heteroatoms. The molecule has 3 N–H and O–H groups in total. The zero-order valence-corrected chi connectivity index (χ0v) is 9.53. The summed E-state index contributed by atoms with van der Waals surface area (Å²) in [5, 5.41) is 3.48. The van der Waals surface area contributed by atoms with E-state index < -0.39 is 0 Å². The number of nitrogens with one attached hydrogen (secondary N) is 1. The largest absolute Gasteiger partial charge is 0.384 e. The second-order valence-corrected chi connectivity index (χ2v) is 4.08. The van der Waals surface area contributed by atoms with E-state index in [0.29, 0.717) is 10.8 Å². The molecule has 0 fully saturated rings. The van der Waals surface area contributed by atoms with Crippen LogP contribution in [0.25, 0.3) is 0 Å². The molecule has 2 aromatic rings. The lowest BCUT2D eigenvalue weighted by Crippen LogP contribution is -2.20. The SMILES string of the molecule is CC(c1ccc(Cl)cc1)n1[nH]c(N)cc1=O. The molecular formula is C11H12ClN3O. The third kappa shape index (κ3) is 1.97. The summed E-state index contributed by atoms with van der Waals surface area (Å²) in [6, 6.07) is 8.64. The van der Waals surface area contributed by atoms with E-state index in [1.54, 1.807) is 12.1 Å². The molecule has 2 rings (SSSR count). The summed E-state index contributed by atoms with van der Waals surface area (Å²) in [5.74, 6) is 0.366. The Hall–Kier alpha value is -1.68. The Balaban J connectivity index is 2.38. The molecule has 1 aromatic carbocycles. The summed E-state index contributed by atoms with van der Waals surface area (Å²) in [7, 11) is 0. The highest BCUT2D eigenvalue weighted by Crippen LogP contribution is 2.18. The molecular weight excluding hydrogens is 226 g/mol. The highest BCUT2D eigenvalue weighted by Gasteiger charge is 2.10. The fraction of sp³-hybridized carbons (Fsp3) is 0.182. The summed E-state index contributed by atoms with van der Waals surface area (Å²) in [4.78, 5) is 11.5. The molecule has 1 aromatic heterocycles. The van der Waals surface area contributed by atoms with Crippen LogP contribution >= 0.6 is 11.6 Å². The van der Waals surface area contributed by atoms with E-state index in [-0.39, 0.29) is 11.6 Å². The van der Waals surface area contributed by atoms with E-state index >= 15 is 0 Å². The fourth-order valence-electron chi connectivity index (χ4n) is 1.61. The molecule has 4 nitrogen and oxygen atoms in total. The van der Waals surface area contributed by atoms with Gasteiger partial charge in [-0.2, -0.15) is 0 Å². The minimum atomic E-state index is -0.139. The van der Waals surface area contributed by atoms with Crippen molar-refractivity contribution in [2.24, 2.45) is 0 Å². The number of nitrogen functional groups attached to an aromatic ring is 1. The molecule has 1 unspecified atom stereocenters. The Morgan fingerprint density at radius 2 is 2.00 bits per heavy atom. The number of aromatic amines is 1. The molecule has 84 valence electrons. The first-order valence-corrected chi connectivity index (χ1v) is 5.28. The van der Waals surface area contributed by atoms with E-state index in [9.17, 15) is 4.79 Å². The van der Waals surface area contributed by atoms with Crippen LogP contribution in [-0.2, 0) is 0 Å². The maximum absolute atomic E-state index is 11.5. The molecule has 0 amide bonds. The molecule has 16 heavy (non-hydrogen) atoms. The van der Waals surface area contributed by atoms with Crippen molar-refractivity contribution in [1.82, 2.24) is 9.78 Å². The van der Waals surface area contributed by atoms with Crippen LogP contribution in [0.4, 0.5) is 5.82 Å². The number of nitrogens with zero attached hydrogens (tertiary/aromatic N) is 1. The first-order chi connectivity index (χ1) is 7.58. The quantitative estimate of drug-likeness (QED) is 0.839. The summed E-state index contributed by atoms with van der Waals surface area (Å²) in [5.41, 5.74) is 6.38. The highest BCUT2D eigenvalue weighted by molar-refractivity contribution is 6.30. The minimum absolute atomic E-state index is 0.0953. The third-order valence-electron chi connectivity index (χ3n) is 2.51. The number of rotatable bonds is 2. The summed E-state index contributed by atoms with van der Waals surface area (Å²) in [6.07, 6.45) is 0. The van der Waals surface area contributed by atoms with E-state index in [1.807, 2.05) is 19.1 Å². The Kier molecular flexibility index (Phi) is 2.75. The monoisotopic (exact) mass is 237 g/mol. The topological polar surface area (TPSA) is 63.8 Å². The Labute approximate surface area is 97.6 Å². The van der Waals surface area contributed by atoms with E-state index in [1.165, 1.54) is 10.7 Å². The Morgan fingerprint density at radius 3 is 2.50 bits per heavy atom. The number of halogens is 1. The first kappa shape index (κ1) is 10.8. The van der Waals surface area contributed by atoms with Gasteiger partial charge in [0.05, 0.1) is 6.04 Å². The van der Waals surface area contributed by atoms with Gasteiger partial charge in [0.25, 0.3) is 5.56 Å².